The van der Waals surface area contributed by atoms with Gasteiger partial charge in [-0.2, -0.15) is 0 Å². The average Bonchev–Trinajstić information content (AvgIpc) is 2.57. The lowest BCUT2D eigenvalue weighted by Crippen LogP contribution is -2.61. The molecule has 2 N–H and O–H groups in total. The fourth-order valence-electron chi connectivity index (χ4n) is 2.48. The molecular weight excluding hydrogens is 232 g/mol. The minimum absolute atomic E-state index is 0.0107. The molecule has 6 nitrogen and oxygen atoms in total. The number of aliphatic carboxylic acids is 1. The lowest BCUT2D eigenvalue weighted by Gasteiger charge is -2.39. The van der Waals surface area contributed by atoms with Gasteiger partial charge < -0.3 is 10.4 Å². The molecule has 2 heterocycles. The number of sulfone groups is 1. The van der Waals surface area contributed by atoms with Gasteiger partial charge in [-0.15, -0.1) is 0 Å². The molecule has 0 aromatic heterocycles. The van der Waals surface area contributed by atoms with Crippen LogP contribution >= 0.6 is 0 Å². The number of carboxylic acid groups (broad SMARTS) is 1. The summed E-state index contributed by atoms with van der Waals surface area (Å²) in [5, 5.41) is 12.5. The highest BCUT2D eigenvalue weighted by Crippen LogP contribution is 2.30. The van der Waals surface area contributed by atoms with Crippen LogP contribution in [0.15, 0.2) is 0 Å². The van der Waals surface area contributed by atoms with Gasteiger partial charge in [0.2, 0.25) is 0 Å². The van der Waals surface area contributed by atoms with Gasteiger partial charge in [-0.1, -0.05) is 0 Å². The van der Waals surface area contributed by atoms with E-state index in [0.717, 1.165) is 13.1 Å². The predicted molar refractivity (Wildman–Crippen MR) is 58.1 cm³/mol. The summed E-state index contributed by atoms with van der Waals surface area (Å²) in [7, 11) is -3.19. The molecule has 2 saturated heterocycles. The first kappa shape index (κ1) is 11.8. The maximum absolute atomic E-state index is 11.5. The molecule has 0 aliphatic carbocycles. The normalized spacial score (nSPS) is 35.0. The number of nitrogens with zero attached hydrogens (tertiary/aromatic N) is 1. The molecule has 2 aliphatic rings. The van der Waals surface area contributed by atoms with Gasteiger partial charge >= 0.3 is 5.97 Å². The molecular formula is C9H16N2O4S. The van der Waals surface area contributed by atoms with Gasteiger partial charge in [0.1, 0.15) is 5.54 Å². The fourth-order valence-corrected chi connectivity index (χ4v) is 4.45. The second-order valence-corrected chi connectivity index (χ2v) is 6.60. The molecule has 2 fully saturated rings. The molecule has 1 atom stereocenters. The van der Waals surface area contributed by atoms with E-state index in [1.165, 1.54) is 0 Å². The van der Waals surface area contributed by atoms with Crippen molar-refractivity contribution in [3.05, 3.63) is 0 Å². The Balaban J connectivity index is 2.26. The molecule has 0 amide bonds. The van der Waals surface area contributed by atoms with Gasteiger partial charge in [0, 0.05) is 26.2 Å². The van der Waals surface area contributed by atoms with E-state index in [2.05, 4.69) is 5.32 Å². The van der Waals surface area contributed by atoms with Crippen molar-refractivity contribution in [1.29, 1.82) is 0 Å². The van der Waals surface area contributed by atoms with Crippen LogP contribution in [0.2, 0.25) is 0 Å². The second-order valence-electron chi connectivity index (χ2n) is 4.42. The van der Waals surface area contributed by atoms with Crippen LogP contribution in [-0.4, -0.2) is 67.6 Å². The highest BCUT2D eigenvalue weighted by Gasteiger charge is 2.52. The molecule has 0 saturated carbocycles. The fraction of sp³-hybridized carbons (Fsp3) is 0.889. The monoisotopic (exact) mass is 248 g/mol. The molecule has 0 spiro atoms. The maximum Gasteiger partial charge on any atom is 0.325 e. The van der Waals surface area contributed by atoms with Crippen LogP contribution in [0.5, 0.6) is 0 Å². The Morgan fingerprint density at radius 1 is 1.31 bits per heavy atom. The van der Waals surface area contributed by atoms with E-state index >= 15 is 0 Å². The van der Waals surface area contributed by atoms with Gasteiger partial charge in [-0.25, -0.2) is 8.42 Å². The molecule has 0 radical (unpaired) electrons. The van der Waals surface area contributed by atoms with Crippen LogP contribution in [0, 0.1) is 0 Å². The Labute approximate surface area is 94.5 Å². The Hall–Kier alpha value is -0.660. The summed E-state index contributed by atoms with van der Waals surface area (Å²) >= 11 is 0. The molecule has 2 rings (SSSR count). The van der Waals surface area contributed by atoms with Gasteiger partial charge in [-0.05, 0) is 6.42 Å². The largest absolute Gasteiger partial charge is 0.480 e. The standard InChI is InChI=1S/C9H16N2O4S/c12-8(13)9(1-6-16(14,15)7-9)11-4-2-10-3-5-11/h10H,1-7H2,(H,12,13). The first-order chi connectivity index (χ1) is 7.46. The van der Waals surface area contributed by atoms with Gasteiger partial charge in [0.05, 0.1) is 11.5 Å². The summed E-state index contributed by atoms with van der Waals surface area (Å²) in [6.07, 6.45) is 0.213. The van der Waals surface area contributed by atoms with E-state index < -0.39 is 21.3 Å². The van der Waals surface area contributed by atoms with E-state index in [1.807, 2.05) is 0 Å². The van der Waals surface area contributed by atoms with Gasteiger partial charge in [0.25, 0.3) is 0 Å². The Morgan fingerprint density at radius 3 is 2.38 bits per heavy atom. The van der Waals surface area contributed by atoms with Crippen molar-refractivity contribution in [3.63, 3.8) is 0 Å². The molecule has 7 heteroatoms. The maximum atomic E-state index is 11.5. The van der Waals surface area contributed by atoms with Crippen molar-refractivity contribution in [1.82, 2.24) is 10.2 Å². The highest BCUT2D eigenvalue weighted by atomic mass is 32.2. The topological polar surface area (TPSA) is 86.7 Å². The minimum atomic E-state index is -3.19. The van der Waals surface area contributed by atoms with Crippen LogP contribution in [-0.2, 0) is 14.6 Å². The van der Waals surface area contributed by atoms with E-state index in [1.54, 1.807) is 4.90 Å². The van der Waals surface area contributed by atoms with E-state index in [9.17, 15) is 18.3 Å². The van der Waals surface area contributed by atoms with Crippen molar-refractivity contribution in [2.75, 3.05) is 37.7 Å². The highest BCUT2D eigenvalue weighted by molar-refractivity contribution is 7.91. The SMILES string of the molecule is O=C(O)C1(N2CCNCC2)CCS(=O)(=O)C1. The Bertz CT molecular complexity index is 388. The van der Waals surface area contributed by atoms with E-state index in [0.29, 0.717) is 13.1 Å². The van der Waals surface area contributed by atoms with Crippen LogP contribution in [0.25, 0.3) is 0 Å². The van der Waals surface area contributed by atoms with Crippen LogP contribution in [0.3, 0.4) is 0 Å². The van der Waals surface area contributed by atoms with Gasteiger partial charge in [0.15, 0.2) is 9.84 Å². The minimum Gasteiger partial charge on any atom is -0.480 e. The number of hydrogen-bond acceptors (Lipinski definition) is 5. The van der Waals surface area contributed by atoms with Crippen molar-refractivity contribution in [2.24, 2.45) is 0 Å². The number of hydrogen-bond donors (Lipinski definition) is 2. The zero-order valence-corrected chi connectivity index (χ0v) is 9.79. The van der Waals surface area contributed by atoms with Crippen molar-refractivity contribution in [2.45, 2.75) is 12.0 Å². The predicted octanol–water partition coefficient (Wildman–Crippen LogP) is -1.47. The molecule has 1 unspecified atom stereocenters. The average molecular weight is 248 g/mol. The number of carboxylic acids is 1. The number of nitrogens with one attached hydrogen (secondary N) is 1. The van der Waals surface area contributed by atoms with E-state index in [-0.39, 0.29) is 17.9 Å². The summed E-state index contributed by atoms with van der Waals surface area (Å²) in [5.74, 6) is -1.26. The lowest BCUT2D eigenvalue weighted by molar-refractivity contribution is -0.150. The zero-order chi connectivity index (χ0) is 11.8. The Morgan fingerprint density at radius 2 is 1.94 bits per heavy atom. The molecule has 16 heavy (non-hydrogen) atoms. The lowest BCUT2D eigenvalue weighted by atomic mass is 9.96. The molecule has 92 valence electrons. The third kappa shape index (κ3) is 1.94. The number of piperazine rings is 1. The summed E-state index contributed by atoms with van der Waals surface area (Å²) < 4.78 is 23.0. The molecule has 2 aliphatic heterocycles. The second kappa shape index (κ2) is 3.97. The van der Waals surface area contributed by atoms with E-state index in [4.69, 9.17) is 0 Å². The number of rotatable bonds is 2. The Kier molecular flexibility index (Phi) is 2.93. The zero-order valence-electron chi connectivity index (χ0n) is 8.98. The summed E-state index contributed by atoms with van der Waals surface area (Å²) in [6, 6.07) is 0. The summed E-state index contributed by atoms with van der Waals surface area (Å²) in [4.78, 5) is 13.2. The summed E-state index contributed by atoms with van der Waals surface area (Å²) in [5.41, 5.74) is -1.18. The smallest absolute Gasteiger partial charge is 0.325 e. The molecule has 0 aromatic rings. The van der Waals surface area contributed by atoms with Crippen LogP contribution < -0.4 is 5.32 Å². The quantitative estimate of drug-likeness (QED) is 0.620. The number of carbonyl (C=O) groups is 1. The first-order valence-corrected chi connectivity index (χ1v) is 7.18. The van der Waals surface area contributed by atoms with Crippen LogP contribution in [0.4, 0.5) is 0 Å². The summed E-state index contributed by atoms with van der Waals surface area (Å²) in [6.45, 7) is 2.63. The molecule has 0 bridgehead atoms. The molecule has 0 aromatic carbocycles. The van der Waals surface area contributed by atoms with Gasteiger partial charge in [-0.3, -0.25) is 9.69 Å². The van der Waals surface area contributed by atoms with Crippen molar-refractivity contribution >= 4 is 15.8 Å². The third-order valence-electron chi connectivity index (χ3n) is 3.41. The van der Waals surface area contributed by atoms with Crippen LogP contribution in [0.1, 0.15) is 6.42 Å². The van der Waals surface area contributed by atoms with Crippen molar-refractivity contribution < 1.29 is 18.3 Å². The first-order valence-electron chi connectivity index (χ1n) is 5.36. The third-order valence-corrected chi connectivity index (χ3v) is 5.15. The van der Waals surface area contributed by atoms with Crippen molar-refractivity contribution in [3.8, 4) is 0 Å².